The van der Waals surface area contributed by atoms with E-state index < -0.39 is 0 Å². The lowest BCUT2D eigenvalue weighted by Gasteiger charge is -2.24. The van der Waals surface area contributed by atoms with Crippen molar-refractivity contribution in [3.63, 3.8) is 0 Å². The van der Waals surface area contributed by atoms with Crippen LogP contribution in [0.3, 0.4) is 0 Å². The van der Waals surface area contributed by atoms with E-state index in [1.807, 2.05) is 24.5 Å². The fraction of sp³-hybridized carbons (Fsp3) is 0.0714. The van der Waals surface area contributed by atoms with Crippen LogP contribution in [0.4, 0.5) is 0 Å². The highest BCUT2D eigenvalue weighted by molar-refractivity contribution is 6.09. The van der Waals surface area contributed by atoms with Gasteiger partial charge in [-0.15, -0.1) is 0 Å². The predicted molar refractivity (Wildman–Crippen MR) is 188 cm³/mol. The van der Waals surface area contributed by atoms with Gasteiger partial charge in [0.05, 0.1) is 22.4 Å². The molecular formula is C42H30N4. The van der Waals surface area contributed by atoms with E-state index >= 15 is 0 Å². The monoisotopic (exact) mass is 590 g/mol. The largest absolute Gasteiger partial charge is 0.309 e. The number of hydrogen-bond donors (Lipinski definition) is 0. The molecule has 0 amide bonds. The van der Waals surface area contributed by atoms with Crippen LogP contribution in [0.2, 0.25) is 0 Å². The molecule has 3 aromatic heterocycles. The predicted octanol–water partition coefficient (Wildman–Crippen LogP) is 10.3. The number of fused-ring (bicyclic) bond motifs is 6. The Labute approximate surface area is 267 Å². The highest BCUT2D eigenvalue weighted by Crippen LogP contribution is 2.51. The molecule has 5 aromatic carbocycles. The zero-order valence-corrected chi connectivity index (χ0v) is 25.6. The number of rotatable bonds is 4. The van der Waals surface area contributed by atoms with Crippen molar-refractivity contribution in [3.05, 3.63) is 157 Å². The van der Waals surface area contributed by atoms with Gasteiger partial charge < -0.3 is 4.57 Å². The molecule has 0 atom stereocenters. The number of pyridine rings is 1. The summed E-state index contributed by atoms with van der Waals surface area (Å²) < 4.78 is 2.35. The van der Waals surface area contributed by atoms with Crippen molar-refractivity contribution in [2.24, 2.45) is 0 Å². The van der Waals surface area contributed by atoms with E-state index in [2.05, 4.69) is 145 Å². The molecule has 8 aromatic rings. The van der Waals surface area contributed by atoms with Crippen LogP contribution in [0, 0.1) is 0 Å². The van der Waals surface area contributed by atoms with E-state index in [1.54, 1.807) is 0 Å². The Balaban J connectivity index is 1.25. The second-order valence-electron chi connectivity index (χ2n) is 12.5. The van der Waals surface area contributed by atoms with Gasteiger partial charge in [0.25, 0.3) is 0 Å². The molecule has 0 bridgehead atoms. The SMILES string of the molecule is CC1(C)c2ccccc2-c2nc(-c3cccc(-n4c5ccccc5c5ccccc54)c3)nc(-c3ccc(-c4ccncc4)cc3)c21. The normalized spacial score (nSPS) is 13.2. The summed E-state index contributed by atoms with van der Waals surface area (Å²) >= 11 is 0. The molecular weight excluding hydrogens is 560 g/mol. The van der Waals surface area contributed by atoms with Crippen molar-refractivity contribution >= 4 is 21.8 Å². The Kier molecular flexibility index (Phi) is 5.81. The first-order valence-corrected chi connectivity index (χ1v) is 15.7. The summed E-state index contributed by atoms with van der Waals surface area (Å²) in [5.41, 5.74) is 13.2. The first kappa shape index (κ1) is 26.5. The maximum Gasteiger partial charge on any atom is 0.160 e. The molecule has 4 heteroatoms. The summed E-state index contributed by atoms with van der Waals surface area (Å²) in [5.74, 6) is 0.724. The highest BCUT2D eigenvalue weighted by atomic mass is 15.0. The van der Waals surface area contributed by atoms with Crippen LogP contribution < -0.4 is 0 Å². The van der Waals surface area contributed by atoms with Gasteiger partial charge in [-0.3, -0.25) is 4.98 Å². The van der Waals surface area contributed by atoms with Crippen molar-refractivity contribution in [1.29, 1.82) is 0 Å². The lowest BCUT2D eigenvalue weighted by Crippen LogP contribution is -2.17. The molecule has 0 unspecified atom stereocenters. The van der Waals surface area contributed by atoms with Gasteiger partial charge in [0.15, 0.2) is 5.82 Å². The van der Waals surface area contributed by atoms with Gasteiger partial charge in [-0.1, -0.05) is 111 Å². The van der Waals surface area contributed by atoms with Gasteiger partial charge in [-0.2, -0.15) is 0 Å². The van der Waals surface area contributed by atoms with Crippen molar-refractivity contribution in [2.75, 3.05) is 0 Å². The summed E-state index contributed by atoms with van der Waals surface area (Å²) in [6.07, 6.45) is 3.67. The van der Waals surface area contributed by atoms with E-state index in [0.717, 1.165) is 45.2 Å². The summed E-state index contributed by atoms with van der Waals surface area (Å²) in [7, 11) is 0. The maximum atomic E-state index is 5.38. The Hall–Kier alpha value is -5.87. The topological polar surface area (TPSA) is 43.6 Å². The summed E-state index contributed by atoms with van der Waals surface area (Å²) in [5, 5.41) is 2.49. The Bertz CT molecular complexity index is 2380. The second kappa shape index (κ2) is 10.1. The molecule has 218 valence electrons. The molecule has 0 aliphatic heterocycles. The van der Waals surface area contributed by atoms with Crippen LogP contribution in [0.1, 0.15) is 25.0 Å². The highest BCUT2D eigenvalue weighted by Gasteiger charge is 2.40. The van der Waals surface area contributed by atoms with Gasteiger partial charge in [0.1, 0.15) is 0 Å². The third-order valence-corrected chi connectivity index (χ3v) is 9.50. The molecule has 1 aliphatic carbocycles. The molecule has 4 nitrogen and oxygen atoms in total. The standard InChI is InChI=1S/C42H30N4/c1-42(2)35-15-6-3-14-34(35)40-38(42)39(29-20-18-27(19-21-29)28-22-24-43-25-23-28)44-41(45-40)30-10-9-11-31(26-30)46-36-16-7-4-12-32(36)33-13-5-8-17-37(33)46/h3-26H,1-2H3. The lowest BCUT2D eigenvalue weighted by molar-refractivity contribution is 0.658. The summed E-state index contributed by atoms with van der Waals surface area (Å²) in [6.45, 7) is 4.58. The average molecular weight is 591 g/mol. The smallest absolute Gasteiger partial charge is 0.160 e. The summed E-state index contributed by atoms with van der Waals surface area (Å²) in [6, 6.07) is 47.4. The fourth-order valence-corrected chi connectivity index (χ4v) is 7.30. The maximum absolute atomic E-state index is 5.38. The fourth-order valence-electron chi connectivity index (χ4n) is 7.30. The molecule has 0 fully saturated rings. The first-order valence-electron chi connectivity index (χ1n) is 15.7. The third-order valence-electron chi connectivity index (χ3n) is 9.50. The van der Waals surface area contributed by atoms with Crippen molar-refractivity contribution in [1.82, 2.24) is 19.5 Å². The molecule has 9 rings (SSSR count). The zero-order chi connectivity index (χ0) is 30.8. The lowest BCUT2D eigenvalue weighted by atomic mass is 9.80. The summed E-state index contributed by atoms with van der Waals surface area (Å²) in [4.78, 5) is 14.9. The van der Waals surface area contributed by atoms with E-state index in [-0.39, 0.29) is 5.41 Å². The van der Waals surface area contributed by atoms with Gasteiger partial charge in [-0.25, -0.2) is 9.97 Å². The number of nitrogens with zero attached hydrogens (tertiary/aromatic N) is 4. The minimum absolute atomic E-state index is 0.242. The quantitative estimate of drug-likeness (QED) is 0.205. The Morgan fingerprint density at radius 3 is 1.87 bits per heavy atom. The van der Waals surface area contributed by atoms with Crippen LogP contribution in [-0.2, 0) is 5.41 Å². The zero-order valence-electron chi connectivity index (χ0n) is 25.6. The van der Waals surface area contributed by atoms with Crippen molar-refractivity contribution < 1.29 is 0 Å². The molecule has 0 spiro atoms. The molecule has 3 heterocycles. The van der Waals surface area contributed by atoms with Crippen LogP contribution in [0.5, 0.6) is 0 Å². The van der Waals surface area contributed by atoms with E-state index in [4.69, 9.17) is 9.97 Å². The number of benzene rings is 5. The molecule has 1 aliphatic rings. The van der Waals surface area contributed by atoms with Gasteiger partial charge in [0, 0.05) is 56.5 Å². The molecule has 0 radical (unpaired) electrons. The molecule has 0 saturated carbocycles. The Morgan fingerprint density at radius 2 is 1.13 bits per heavy atom. The minimum atomic E-state index is -0.242. The van der Waals surface area contributed by atoms with Crippen molar-refractivity contribution in [2.45, 2.75) is 19.3 Å². The van der Waals surface area contributed by atoms with Crippen LogP contribution in [-0.4, -0.2) is 19.5 Å². The second-order valence-corrected chi connectivity index (χ2v) is 12.5. The number of hydrogen-bond acceptors (Lipinski definition) is 3. The third kappa shape index (κ3) is 3.97. The number of aromatic nitrogens is 4. The van der Waals surface area contributed by atoms with Gasteiger partial charge >= 0.3 is 0 Å². The van der Waals surface area contributed by atoms with E-state index in [0.29, 0.717) is 0 Å². The molecule has 0 N–H and O–H groups in total. The molecule has 46 heavy (non-hydrogen) atoms. The van der Waals surface area contributed by atoms with Crippen LogP contribution in [0.25, 0.3) is 72.5 Å². The van der Waals surface area contributed by atoms with Crippen LogP contribution in [0.15, 0.2) is 146 Å². The van der Waals surface area contributed by atoms with E-state index in [9.17, 15) is 0 Å². The van der Waals surface area contributed by atoms with Gasteiger partial charge in [0.2, 0.25) is 0 Å². The van der Waals surface area contributed by atoms with Gasteiger partial charge in [-0.05, 0) is 53.1 Å². The minimum Gasteiger partial charge on any atom is -0.309 e. The molecule has 0 saturated heterocycles. The number of para-hydroxylation sites is 2. The van der Waals surface area contributed by atoms with E-state index in [1.165, 1.54) is 38.5 Å². The van der Waals surface area contributed by atoms with Crippen LogP contribution >= 0.6 is 0 Å². The first-order chi connectivity index (χ1) is 22.6. The van der Waals surface area contributed by atoms with Crippen molar-refractivity contribution in [3.8, 4) is 50.7 Å². The Morgan fingerprint density at radius 1 is 0.522 bits per heavy atom. The average Bonchev–Trinajstić information content (AvgIpc) is 3.57.